The molecule has 1 amide bonds. The molecule has 4 aromatic rings. The Morgan fingerprint density at radius 1 is 0.963 bits per heavy atom. The maximum absolute atomic E-state index is 13.3. The lowest BCUT2D eigenvalue weighted by atomic mass is 10.1. The quantitative estimate of drug-likeness (QED) is 0.494. The number of rotatable bonds is 3. The first-order valence-corrected chi connectivity index (χ1v) is 8.31. The molecule has 0 radical (unpaired) electrons. The van der Waals surface area contributed by atoms with Crippen molar-refractivity contribution in [2.24, 2.45) is 0 Å². The minimum Gasteiger partial charge on any atom is -0.355 e. The van der Waals surface area contributed by atoms with E-state index in [1.165, 1.54) is 6.07 Å². The fourth-order valence-corrected chi connectivity index (χ4v) is 2.80. The smallest absolute Gasteiger partial charge is 0.255 e. The second-order valence-electron chi connectivity index (χ2n) is 5.83. The highest BCUT2D eigenvalue weighted by Gasteiger charge is 2.15. The molecule has 0 saturated carbocycles. The first-order chi connectivity index (χ1) is 13.0. The van der Waals surface area contributed by atoms with Gasteiger partial charge in [0.2, 0.25) is 0 Å². The summed E-state index contributed by atoms with van der Waals surface area (Å²) in [5.41, 5.74) is 1.83. The normalized spacial score (nSPS) is 10.9. The summed E-state index contributed by atoms with van der Waals surface area (Å²) in [6.45, 7) is 0. The van der Waals surface area contributed by atoms with Gasteiger partial charge in [-0.3, -0.25) is 4.79 Å². The molecule has 27 heavy (non-hydrogen) atoms. The zero-order chi connectivity index (χ0) is 19.0. The van der Waals surface area contributed by atoms with E-state index in [4.69, 9.17) is 16.1 Å². The van der Waals surface area contributed by atoms with Crippen LogP contribution in [0.3, 0.4) is 0 Å². The Labute approximate surface area is 157 Å². The number of benzene rings is 3. The van der Waals surface area contributed by atoms with Gasteiger partial charge < -0.3 is 9.84 Å². The van der Waals surface area contributed by atoms with Crippen LogP contribution in [0.2, 0.25) is 5.02 Å². The maximum Gasteiger partial charge on any atom is 0.255 e. The van der Waals surface area contributed by atoms with E-state index in [9.17, 15) is 13.6 Å². The number of nitrogens with one attached hydrogen (secondary N) is 1. The number of carbonyl (C=O) groups excluding carboxylic acids is 1. The number of nitrogens with zero attached hydrogens (tertiary/aromatic N) is 1. The zero-order valence-electron chi connectivity index (χ0n) is 13.7. The topological polar surface area (TPSA) is 55.1 Å². The number of hydrogen-bond acceptors (Lipinski definition) is 3. The van der Waals surface area contributed by atoms with Gasteiger partial charge in [0, 0.05) is 27.9 Å². The fraction of sp³-hybridized carbons (Fsp3) is 0. The number of amides is 1. The third-order valence-electron chi connectivity index (χ3n) is 4.02. The number of halogens is 3. The van der Waals surface area contributed by atoms with E-state index in [0.29, 0.717) is 27.2 Å². The number of carbonyl (C=O) groups is 1. The van der Waals surface area contributed by atoms with Gasteiger partial charge in [-0.2, -0.15) is 0 Å². The van der Waals surface area contributed by atoms with Crippen molar-refractivity contribution >= 4 is 34.1 Å². The fourth-order valence-electron chi connectivity index (χ4n) is 2.67. The van der Waals surface area contributed by atoms with Crippen molar-refractivity contribution in [3.05, 3.63) is 82.9 Å². The summed E-state index contributed by atoms with van der Waals surface area (Å²) in [6, 6.07) is 15.0. The molecular weight excluding hydrogens is 374 g/mol. The van der Waals surface area contributed by atoms with Crippen LogP contribution in [0.1, 0.15) is 10.4 Å². The minimum atomic E-state index is -1.03. The van der Waals surface area contributed by atoms with E-state index >= 15 is 0 Å². The van der Waals surface area contributed by atoms with Crippen LogP contribution in [-0.2, 0) is 0 Å². The molecule has 0 aliphatic carbocycles. The van der Waals surface area contributed by atoms with Gasteiger partial charge in [0.15, 0.2) is 17.4 Å². The summed E-state index contributed by atoms with van der Waals surface area (Å²) >= 11 is 5.91. The summed E-state index contributed by atoms with van der Waals surface area (Å²) in [5.74, 6) is -1.98. The summed E-state index contributed by atoms with van der Waals surface area (Å²) in [5, 5.41) is 7.77. The molecule has 4 nitrogen and oxygen atoms in total. The van der Waals surface area contributed by atoms with Crippen molar-refractivity contribution in [1.82, 2.24) is 5.16 Å². The lowest BCUT2D eigenvalue weighted by molar-refractivity contribution is 0.102. The lowest BCUT2D eigenvalue weighted by Crippen LogP contribution is -2.12. The number of hydrogen-bond donors (Lipinski definition) is 1. The molecule has 0 atom stereocenters. The standard InChI is InChI=1S/C20H11ClF2N2O2/c21-13-4-1-11(2-5-13)19-15-9-12(3-8-18(15)25-27-19)20(26)24-14-6-7-16(22)17(23)10-14/h1-10H,(H,24,26). The van der Waals surface area contributed by atoms with E-state index in [1.54, 1.807) is 42.5 Å². The van der Waals surface area contributed by atoms with Crippen LogP contribution in [0.5, 0.6) is 0 Å². The first kappa shape index (κ1) is 17.2. The predicted molar refractivity (Wildman–Crippen MR) is 98.8 cm³/mol. The van der Waals surface area contributed by atoms with Crippen LogP contribution in [0.4, 0.5) is 14.5 Å². The van der Waals surface area contributed by atoms with Crippen LogP contribution in [0, 0.1) is 11.6 Å². The van der Waals surface area contributed by atoms with Gasteiger partial charge in [0.05, 0.1) is 5.39 Å². The van der Waals surface area contributed by atoms with E-state index in [0.717, 1.165) is 17.7 Å². The second-order valence-corrected chi connectivity index (χ2v) is 6.27. The van der Waals surface area contributed by atoms with Crippen molar-refractivity contribution in [2.75, 3.05) is 5.32 Å². The average Bonchev–Trinajstić information content (AvgIpc) is 3.08. The van der Waals surface area contributed by atoms with Gasteiger partial charge in [0.1, 0.15) is 5.52 Å². The zero-order valence-corrected chi connectivity index (χ0v) is 14.4. The average molecular weight is 385 g/mol. The monoisotopic (exact) mass is 384 g/mol. The lowest BCUT2D eigenvalue weighted by Gasteiger charge is -2.06. The Kier molecular flexibility index (Phi) is 4.33. The van der Waals surface area contributed by atoms with Crippen molar-refractivity contribution < 1.29 is 18.1 Å². The third kappa shape index (κ3) is 3.39. The Morgan fingerprint density at radius 2 is 1.74 bits per heavy atom. The van der Waals surface area contributed by atoms with Crippen LogP contribution >= 0.6 is 11.6 Å². The molecule has 0 spiro atoms. The van der Waals surface area contributed by atoms with Crippen LogP contribution in [0.15, 0.2) is 65.2 Å². The van der Waals surface area contributed by atoms with E-state index in [2.05, 4.69) is 10.5 Å². The van der Waals surface area contributed by atoms with Crippen LogP contribution in [-0.4, -0.2) is 11.1 Å². The predicted octanol–water partition coefficient (Wildman–Crippen LogP) is 5.68. The van der Waals surface area contributed by atoms with Gasteiger partial charge in [-0.15, -0.1) is 0 Å². The molecule has 134 valence electrons. The molecule has 1 heterocycles. The van der Waals surface area contributed by atoms with Crippen LogP contribution < -0.4 is 5.32 Å². The third-order valence-corrected chi connectivity index (χ3v) is 4.27. The molecule has 1 aromatic heterocycles. The van der Waals surface area contributed by atoms with Gasteiger partial charge in [-0.1, -0.05) is 16.8 Å². The van der Waals surface area contributed by atoms with Crippen LogP contribution in [0.25, 0.3) is 22.2 Å². The summed E-state index contributed by atoms with van der Waals surface area (Å²) < 4.78 is 31.7. The number of anilines is 1. The second kappa shape index (κ2) is 6.81. The Balaban J connectivity index is 1.68. The van der Waals surface area contributed by atoms with E-state index < -0.39 is 17.5 Å². The highest BCUT2D eigenvalue weighted by Crippen LogP contribution is 2.30. The molecule has 0 bridgehead atoms. The molecule has 0 aliphatic heterocycles. The number of fused-ring (bicyclic) bond motifs is 1. The molecule has 0 fully saturated rings. The highest BCUT2D eigenvalue weighted by molar-refractivity contribution is 6.30. The summed E-state index contributed by atoms with van der Waals surface area (Å²) in [4.78, 5) is 12.5. The highest BCUT2D eigenvalue weighted by atomic mass is 35.5. The van der Waals surface area contributed by atoms with E-state index in [1.807, 2.05) is 0 Å². The molecule has 0 saturated heterocycles. The van der Waals surface area contributed by atoms with Crippen molar-refractivity contribution in [1.29, 1.82) is 0 Å². The largest absolute Gasteiger partial charge is 0.355 e. The molecule has 0 aliphatic rings. The van der Waals surface area contributed by atoms with Crippen molar-refractivity contribution in [2.45, 2.75) is 0 Å². The maximum atomic E-state index is 13.3. The molecule has 0 unspecified atom stereocenters. The van der Waals surface area contributed by atoms with Crippen molar-refractivity contribution in [3.8, 4) is 11.3 Å². The van der Waals surface area contributed by atoms with Gasteiger partial charge in [-0.25, -0.2) is 8.78 Å². The molecule has 3 aromatic carbocycles. The molecular formula is C20H11ClF2N2O2. The molecule has 1 N–H and O–H groups in total. The number of aromatic nitrogens is 1. The first-order valence-electron chi connectivity index (χ1n) is 7.93. The Hall–Kier alpha value is -3.25. The van der Waals surface area contributed by atoms with E-state index in [-0.39, 0.29) is 5.69 Å². The molecule has 4 rings (SSSR count). The van der Waals surface area contributed by atoms with Gasteiger partial charge >= 0.3 is 0 Å². The Bertz CT molecular complexity index is 1160. The SMILES string of the molecule is O=C(Nc1ccc(F)c(F)c1)c1ccc2noc(-c3ccc(Cl)cc3)c2c1. The Morgan fingerprint density at radius 3 is 2.48 bits per heavy atom. The van der Waals surface area contributed by atoms with Crippen molar-refractivity contribution in [3.63, 3.8) is 0 Å². The summed E-state index contributed by atoms with van der Waals surface area (Å²) in [6.07, 6.45) is 0. The minimum absolute atomic E-state index is 0.155. The molecule has 7 heteroatoms. The van der Waals surface area contributed by atoms with Gasteiger partial charge in [0.25, 0.3) is 5.91 Å². The summed E-state index contributed by atoms with van der Waals surface area (Å²) in [7, 11) is 0. The van der Waals surface area contributed by atoms with Gasteiger partial charge in [-0.05, 0) is 54.6 Å².